The predicted molar refractivity (Wildman–Crippen MR) is 67.1 cm³/mol. The van der Waals surface area contributed by atoms with E-state index in [9.17, 15) is 4.79 Å². The standard InChI is InChI=1S/C11H24N2O.ClH/c1-6-8(4)10(12)11(14)13-9(5)7(2)3;/h7-10H,6,12H2,1-5H3,(H,13,14);1H. The van der Waals surface area contributed by atoms with E-state index >= 15 is 0 Å². The molecular formula is C11H25ClN2O. The normalized spacial score (nSPS) is 16.5. The molecule has 92 valence electrons. The molecule has 4 heteroatoms. The van der Waals surface area contributed by atoms with Crippen molar-refractivity contribution in [1.29, 1.82) is 0 Å². The molecule has 0 aromatic rings. The molecule has 3 N–H and O–H groups in total. The number of hydrogen-bond acceptors (Lipinski definition) is 2. The van der Waals surface area contributed by atoms with Crippen molar-refractivity contribution in [3.63, 3.8) is 0 Å². The lowest BCUT2D eigenvalue weighted by Gasteiger charge is -2.23. The van der Waals surface area contributed by atoms with E-state index in [-0.39, 0.29) is 36.3 Å². The zero-order valence-electron chi connectivity index (χ0n) is 10.4. The molecule has 0 rings (SSSR count). The Balaban J connectivity index is 0. The van der Waals surface area contributed by atoms with Crippen molar-refractivity contribution in [2.24, 2.45) is 17.6 Å². The molecule has 0 aliphatic rings. The molecule has 0 spiro atoms. The second kappa shape index (κ2) is 7.94. The SMILES string of the molecule is CCC(C)C(N)C(=O)NC(C)C(C)C.Cl. The fourth-order valence-electron chi connectivity index (χ4n) is 1.000. The van der Waals surface area contributed by atoms with Crippen LogP contribution in [0.15, 0.2) is 0 Å². The number of amides is 1. The van der Waals surface area contributed by atoms with Gasteiger partial charge in [0.15, 0.2) is 0 Å². The molecule has 1 amide bonds. The Labute approximate surface area is 99.6 Å². The zero-order chi connectivity index (χ0) is 11.3. The average molecular weight is 237 g/mol. The maximum absolute atomic E-state index is 11.6. The fraction of sp³-hybridized carbons (Fsp3) is 0.909. The maximum Gasteiger partial charge on any atom is 0.237 e. The van der Waals surface area contributed by atoms with Crippen molar-refractivity contribution in [3.8, 4) is 0 Å². The van der Waals surface area contributed by atoms with Gasteiger partial charge >= 0.3 is 0 Å². The summed E-state index contributed by atoms with van der Waals surface area (Å²) >= 11 is 0. The van der Waals surface area contributed by atoms with Gasteiger partial charge in [-0.05, 0) is 18.8 Å². The van der Waals surface area contributed by atoms with Gasteiger partial charge in [-0.1, -0.05) is 34.1 Å². The first-order valence-electron chi connectivity index (χ1n) is 5.46. The van der Waals surface area contributed by atoms with Gasteiger partial charge < -0.3 is 11.1 Å². The molecule has 0 radical (unpaired) electrons. The highest BCUT2D eigenvalue weighted by Crippen LogP contribution is 2.07. The van der Waals surface area contributed by atoms with Crippen molar-refractivity contribution in [2.75, 3.05) is 0 Å². The molecule has 15 heavy (non-hydrogen) atoms. The Morgan fingerprint density at radius 2 is 1.73 bits per heavy atom. The van der Waals surface area contributed by atoms with Gasteiger partial charge in [-0.15, -0.1) is 12.4 Å². The summed E-state index contributed by atoms with van der Waals surface area (Å²) in [5.74, 6) is 0.665. The molecule has 3 nitrogen and oxygen atoms in total. The molecule has 0 aromatic heterocycles. The number of rotatable bonds is 5. The number of hydrogen-bond donors (Lipinski definition) is 2. The van der Waals surface area contributed by atoms with Gasteiger partial charge in [0.1, 0.15) is 0 Å². The molecule has 0 aromatic carbocycles. The zero-order valence-corrected chi connectivity index (χ0v) is 11.2. The van der Waals surface area contributed by atoms with E-state index < -0.39 is 0 Å². The van der Waals surface area contributed by atoms with Gasteiger partial charge in [0, 0.05) is 6.04 Å². The van der Waals surface area contributed by atoms with Gasteiger partial charge in [-0.25, -0.2) is 0 Å². The summed E-state index contributed by atoms with van der Waals surface area (Å²) in [6, 6.07) is -0.182. The van der Waals surface area contributed by atoms with E-state index in [0.29, 0.717) is 5.92 Å². The Bertz CT molecular complexity index is 185. The highest BCUT2D eigenvalue weighted by Gasteiger charge is 2.21. The average Bonchev–Trinajstić information content (AvgIpc) is 2.14. The fourth-order valence-corrected chi connectivity index (χ4v) is 1.000. The van der Waals surface area contributed by atoms with Crippen LogP contribution in [0, 0.1) is 11.8 Å². The lowest BCUT2D eigenvalue weighted by atomic mass is 9.98. The van der Waals surface area contributed by atoms with Crippen molar-refractivity contribution in [2.45, 2.75) is 53.1 Å². The van der Waals surface area contributed by atoms with Crippen LogP contribution < -0.4 is 11.1 Å². The Kier molecular flexibility index (Phi) is 9.07. The van der Waals surface area contributed by atoms with Crippen molar-refractivity contribution < 1.29 is 4.79 Å². The van der Waals surface area contributed by atoms with Crippen LogP contribution in [-0.2, 0) is 4.79 Å². The first-order valence-corrected chi connectivity index (χ1v) is 5.46. The Hall–Kier alpha value is -0.280. The van der Waals surface area contributed by atoms with Crippen molar-refractivity contribution >= 4 is 18.3 Å². The summed E-state index contributed by atoms with van der Waals surface area (Å²) in [6.45, 7) is 10.2. The molecule has 0 heterocycles. The quantitative estimate of drug-likeness (QED) is 0.767. The lowest BCUT2D eigenvalue weighted by molar-refractivity contribution is -0.124. The number of carbonyl (C=O) groups is 1. The monoisotopic (exact) mass is 236 g/mol. The van der Waals surface area contributed by atoms with Crippen LogP contribution >= 0.6 is 12.4 Å². The van der Waals surface area contributed by atoms with Crippen LogP contribution in [0.2, 0.25) is 0 Å². The largest absolute Gasteiger partial charge is 0.352 e. The first-order chi connectivity index (χ1) is 6.40. The topological polar surface area (TPSA) is 55.1 Å². The molecule has 0 saturated heterocycles. The molecule has 0 bridgehead atoms. The molecule has 0 aliphatic heterocycles. The minimum atomic E-state index is -0.374. The summed E-state index contributed by atoms with van der Waals surface area (Å²) in [5, 5.41) is 2.93. The predicted octanol–water partition coefficient (Wildman–Crippen LogP) is 1.94. The second-order valence-corrected chi connectivity index (χ2v) is 4.45. The number of nitrogens with two attached hydrogens (primary N) is 1. The maximum atomic E-state index is 11.6. The number of halogens is 1. The molecule has 3 unspecified atom stereocenters. The van der Waals surface area contributed by atoms with E-state index in [2.05, 4.69) is 19.2 Å². The Morgan fingerprint density at radius 1 is 1.27 bits per heavy atom. The number of carbonyl (C=O) groups excluding carboxylic acids is 1. The van der Waals surface area contributed by atoms with Gasteiger partial charge in [-0.2, -0.15) is 0 Å². The van der Waals surface area contributed by atoms with Gasteiger partial charge in [0.2, 0.25) is 5.91 Å². The summed E-state index contributed by atoms with van der Waals surface area (Å²) in [4.78, 5) is 11.6. The highest BCUT2D eigenvalue weighted by molar-refractivity contribution is 5.85. The molecule has 0 saturated carbocycles. The molecule has 0 aliphatic carbocycles. The van der Waals surface area contributed by atoms with Crippen LogP contribution in [0.1, 0.15) is 41.0 Å². The Morgan fingerprint density at radius 3 is 2.07 bits per heavy atom. The third-order valence-electron chi connectivity index (χ3n) is 2.93. The van der Waals surface area contributed by atoms with E-state index in [0.717, 1.165) is 6.42 Å². The first kappa shape index (κ1) is 17.1. The van der Waals surface area contributed by atoms with E-state index in [4.69, 9.17) is 5.73 Å². The molecular weight excluding hydrogens is 212 g/mol. The third-order valence-corrected chi connectivity index (χ3v) is 2.93. The highest BCUT2D eigenvalue weighted by atomic mass is 35.5. The number of nitrogens with one attached hydrogen (secondary N) is 1. The van der Waals surface area contributed by atoms with Crippen molar-refractivity contribution in [3.05, 3.63) is 0 Å². The molecule has 3 atom stereocenters. The minimum absolute atomic E-state index is 0. The molecule has 0 fully saturated rings. The lowest BCUT2D eigenvalue weighted by Crippen LogP contribution is -2.48. The summed E-state index contributed by atoms with van der Waals surface area (Å²) in [7, 11) is 0. The van der Waals surface area contributed by atoms with Crippen LogP contribution in [0.4, 0.5) is 0 Å². The van der Waals surface area contributed by atoms with Crippen LogP contribution in [0.5, 0.6) is 0 Å². The van der Waals surface area contributed by atoms with Crippen molar-refractivity contribution in [1.82, 2.24) is 5.32 Å². The van der Waals surface area contributed by atoms with E-state index in [1.165, 1.54) is 0 Å². The van der Waals surface area contributed by atoms with E-state index in [1.807, 2.05) is 20.8 Å². The van der Waals surface area contributed by atoms with Gasteiger partial charge in [-0.3, -0.25) is 4.79 Å². The smallest absolute Gasteiger partial charge is 0.237 e. The van der Waals surface area contributed by atoms with Gasteiger partial charge in [0.05, 0.1) is 6.04 Å². The van der Waals surface area contributed by atoms with Gasteiger partial charge in [0.25, 0.3) is 0 Å². The van der Waals surface area contributed by atoms with Crippen LogP contribution in [0.3, 0.4) is 0 Å². The van der Waals surface area contributed by atoms with Crippen LogP contribution in [-0.4, -0.2) is 18.0 Å². The summed E-state index contributed by atoms with van der Waals surface area (Å²) in [6.07, 6.45) is 0.935. The van der Waals surface area contributed by atoms with E-state index in [1.54, 1.807) is 0 Å². The minimum Gasteiger partial charge on any atom is -0.352 e. The second-order valence-electron chi connectivity index (χ2n) is 4.45. The van der Waals surface area contributed by atoms with Crippen LogP contribution in [0.25, 0.3) is 0 Å². The third kappa shape index (κ3) is 6.00. The summed E-state index contributed by atoms with van der Waals surface area (Å²) in [5.41, 5.74) is 5.81. The summed E-state index contributed by atoms with van der Waals surface area (Å²) < 4.78 is 0.